The normalized spacial score (nSPS) is 10.9. The highest BCUT2D eigenvalue weighted by Gasteiger charge is 2.21. The molecule has 3 aromatic rings. The minimum atomic E-state index is -0.374. The first-order valence-electron chi connectivity index (χ1n) is 8.20. The summed E-state index contributed by atoms with van der Waals surface area (Å²) in [4.78, 5) is 18.8. The molecule has 6 heteroatoms. The number of hydrogen-bond acceptors (Lipinski definition) is 6. The van der Waals surface area contributed by atoms with E-state index in [1.807, 2.05) is 50.1 Å². The number of carbonyl (C=O) groups is 1. The zero-order valence-corrected chi connectivity index (χ0v) is 14.9. The van der Waals surface area contributed by atoms with Crippen molar-refractivity contribution in [1.29, 1.82) is 0 Å². The SMILES string of the molecule is CCOC(=O)c1cnc2ccccc2c1N(C)Cc1c(C)noc1C. The molecule has 130 valence electrons. The summed E-state index contributed by atoms with van der Waals surface area (Å²) in [6, 6.07) is 7.76. The summed E-state index contributed by atoms with van der Waals surface area (Å²) in [5.74, 6) is 0.404. The fourth-order valence-corrected chi connectivity index (χ4v) is 2.94. The van der Waals surface area contributed by atoms with E-state index in [1.165, 1.54) is 0 Å². The molecule has 0 spiro atoms. The minimum Gasteiger partial charge on any atom is -0.462 e. The first kappa shape index (κ1) is 17.0. The number of pyridine rings is 1. The lowest BCUT2D eigenvalue weighted by molar-refractivity contribution is 0.0527. The monoisotopic (exact) mass is 339 g/mol. The molecule has 0 aliphatic heterocycles. The van der Waals surface area contributed by atoms with Crippen LogP contribution in [0.4, 0.5) is 5.69 Å². The van der Waals surface area contributed by atoms with Crippen molar-refractivity contribution in [3.05, 3.63) is 53.0 Å². The topological polar surface area (TPSA) is 68.5 Å². The molecule has 0 saturated carbocycles. The van der Waals surface area contributed by atoms with Gasteiger partial charge in [0.25, 0.3) is 0 Å². The average molecular weight is 339 g/mol. The lowest BCUT2D eigenvalue weighted by atomic mass is 10.1. The first-order chi connectivity index (χ1) is 12.0. The molecule has 25 heavy (non-hydrogen) atoms. The standard InChI is InChI=1S/C19H21N3O3/c1-5-24-19(23)15-10-20-17-9-7-6-8-14(17)18(15)22(4)11-16-12(2)21-25-13(16)3/h6-10H,5,11H2,1-4H3. The van der Waals surface area contributed by atoms with Crippen molar-refractivity contribution in [3.63, 3.8) is 0 Å². The van der Waals surface area contributed by atoms with Gasteiger partial charge in [-0.2, -0.15) is 0 Å². The molecule has 0 aliphatic rings. The number of fused-ring (bicyclic) bond motifs is 1. The van der Waals surface area contributed by atoms with E-state index in [0.29, 0.717) is 18.7 Å². The van der Waals surface area contributed by atoms with E-state index in [4.69, 9.17) is 9.26 Å². The van der Waals surface area contributed by atoms with Crippen molar-refractivity contribution >= 4 is 22.6 Å². The molecule has 0 fully saturated rings. The largest absolute Gasteiger partial charge is 0.462 e. The molecular formula is C19H21N3O3. The number of aryl methyl sites for hydroxylation is 2. The first-order valence-corrected chi connectivity index (χ1v) is 8.20. The molecule has 0 bridgehead atoms. The van der Waals surface area contributed by atoms with Crippen LogP contribution < -0.4 is 4.90 Å². The highest BCUT2D eigenvalue weighted by Crippen LogP contribution is 2.31. The number of esters is 1. The zero-order valence-electron chi connectivity index (χ0n) is 14.9. The van der Waals surface area contributed by atoms with Gasteiger partial charge < -0.3 is 14.2 Å². The lowest BCUT2D eigenvalue weighted by Crippen LogP contribution is -2.21. The minimum absolute atomic E-state index is 0.318. The molecule has 1 aromatic carbocycles. The average Bonchev–Trinajstić information content (AvgIpc) is 2.92. The van der Waals surface area contributed by atoms with Gasteiger partial charge in [-0.1, -0.05) is 23.4 Å². The fourth-order valence-electron chi connectivity index (χ4n) is 2.94. The van der Waals surface area contributed by atoms with Crippen LogP contribution in [0.2, 0.25) is 0 Å². The van der Waals surface area contributed by atoms with Gasteiger partial charge in [-0.15, -0.1) is 0 Å². The van der Waals surface area contributed by atoms with Crippen LogP contribution in [0.25, 0.3) is 10.9 Å². The Balaban J connectivity index is 2.11. The Kier molecular flexibility index (Phi) is 4.70. The number of rotatable bonds is 5. The third-order valence-corrected chi connectivity index (χ3v) is 4.20. The third-order valence-electron chi connectivity index (χ3n) is 4.20. The highest BCUT2D eigenvalue weighted by molar-refractivity contribution is 6.05. The van der Waals surface area contributed by atoms with E-state index in [1.54, 1.807) is 13.1 Å². The number of anilines is 1. The van der Waals surface area contributed by atoms with Gasteiger partial charge in [-0.3, -0.25) is 4.98 Å². The number of ether oxygens (including phenoxy) is 1. The molecular weight excluding hydrogens is 318 g/mol. The van der Waals surface area contributed by atoms with Crippen LogP contribution in [0.15, 0.2) is 35.0 Å². The summed E-state index contributed by atoms with van der Waals surface area (Å²) in [5, 5.41) is 4.91. The molecule has 3 rings (SSSR count). The molecule has 0 unspecified atom stereocenters. The predicted octanol–water partition coefficient (Wildman–Crippen LogP) is 3.65. The van der Waals surface area contributed by atoms with Crippen LogP contribution in [0, 0.1) is 13.8 Å². The third kappa shape index (κ3) is 3.20. The van der Waals surface area contributed by atoms with Gasteiger partial charge in [0.15, 0.2) is 0 Å². The number of para-hydroxylation sites is 1. The molecule has 2 aromatic heterocycles. The van der Waals surface area contributed by atoms with Crippen LogP contribution in [-0.2, 0) is 11.3 Å². The molecule has 0 saturated heterocycles. The zero-order chi connectivity index (χ0) is 18.0. The van der Waals surface area contributed by atoms with Crippen LogP contribution >= 0.6 is 0 Å². The maximum absolute atomic E-state index is 12.4. The maximum Gasteiger partial charge on any atom is 0.341 e. The Bertz CT molecular complexity index is 898. The van der Waals surface area contributed by atoms with Crippen LogP contribution in [0.3, 0.4) is 0 Å². The van der Waals surface area contributed by atoms with E-state index in [9.17, 15) is 4.79 Å². The predicted molar refractivity (Wildman–Crippen MR) is 95.8 cm³/mol. The Morgan fingerprint density at radius 2 is 2.04 bits per heavy atom. The molecule has 0 amide bonds. The fraction of sp³-hybridized carbons (Fsp3) is 0.316. The van der Waals surface area contributed by atoms with Crippen molar-refractivity contribution in [3.8, 4) is 0 Å². The van der Waals surface area contributed by atoms with Crippen molar-refractivity contribution in [1.82, 2.24) is 10.1 Å². The molecule has 0 radical (unpaired) electrons. The number of carbonyl (C=O) groups excluding carboxylic acids is 1. The summed E-state index contributed by atoms with van der Waals surface area (Å²) in [5.41, 5.74) is 3.94. The highest BCUT2D eigenvalue weighted by atomic mass is 16.5. The van der Waals surface area contributed by atoms with Crippen molar-refractivity contribution in [2.45, 2.75) is 27.3 Å². The van der Waals surface area contributed by atoms with Gasteiger partial charge in [0, 0.05) is 30.7 Å². The number of aromatic nitrogens is 2. The Morgan fingerprint density at radius 1 is 1.28 bits per heavy atom. The summed E-state index contributed by atoms with van der Waals surface area (Å²) >= 11 is 0. The van der Waals surface area contributed by atoms with E-state index in [0.717, 1.165) is 33.6 Å². The van der Waals surface area contributed by atoms with Gasteiger partial charge >= 0.3 is 5.97 Å². The number of benzene rings is 1. The van der Waals surface area contributed by atoms with E-state index in [2.05, 4.69) is 10.1 Å². The van der Waals surface area contributed by atoms with E-state index < -0.39 is 0 Å². The van der Waals surface area contributed by atoms with Crippen molar-refractivity contribution in [2.24, 2.45) is 0 Å². The van der Waals surface area contributed by atoms with Gasteiger partial charge in [-0.05, 0) is 26.8 Å². The molecule has 0 N–H and O–H groups in total. The second kappa shape index (κ2) is 6.93. The maximum atomic E-state index is 12.4. The second-order valence-electron chi connectivity index (χ2n) is 5.92. The molecule has 6 nitrogen and oxygen atoms in total. The van der Waals surface area contributed by atoms with Gasteiger partial charge in [-0.25, -0.2) is 4.79 Å². The van der Waals surface area contributed by atoms with Gasteiger partial charge in [0.05, 0.1) is 23.5 Å². The smallest absolute Gasteiger partial charge is 0.341 e. The Labute approximate surface area is 146 Å². The Hall–Kier alpha value is -2.89. The summed E-state index contributed by atoms with van der Waals surface area (Å²) < 4.78 is 10.5. The second-order valence-corrected chi connectivity index (χ2v) is 5.92. The van der Waals surface area contributed by atoms with Crippen LogP contribution in [0.1, 0.15) is 34.3 Å². The van der Waals surface area contributed by atoms with Crippen LogP contribution in [-0.4, -0.2) is 29.8 Å². The molecule has 0 aliphatic carbocycles. The summed E-state index contributed by atoms with van der Waals surface area (Å²) in [7, 11) is 1.94. The van der Waals surface area contributed by atoms with Crippen molar-refractivity contribution in [2.75, 3.05) is 18.6 Å². The lowest BCUT2D eigenvalue weighted by Gasteiger charge is -2.23. The van der Waals surface area contributed by atoms with Gasteiger partial charge in [0.2, 0.25) is 0 Å². The quantitative estimate of drug-likeness (QED) is 0.661. The molecule has 2 heterocycles. The van der Waals surface area contributed by atoms with E-state index >= 15 is 0 Å². The van der Waals surface area contributed by atoms with Crippen LogP contribution in [0.5, 0.6) is 0 Å². The van der Waals surface area contributed by atoms with E-state index in [-0.39, 0.29) is 5.97 Å². The molecule has 0 atom stereocenters. The van der Waals surface area contributed by atoms with Gasteiger partial charge in [0.1, 0.15) is 11.3 Å². The Morgan fingerprint density at radius 3 is 2.72 bits per heavy atom. The summed E-state index contributed by atoms with van der Waals surface area (Å²) in [6.07, 6.45) is 1.58. The summed E-state index contributed by atoms with van der Waals surface area (Å²) in [6.45, 7) is 6.48. The van der Waals surface area contributed by atoms with Crippen molar-refractivity contribution < 1.29 is 14.1 Å². The number of nitrogens with zero attached hydrogens (tertiary/aromatic N) is 3. The number of hydrogen-bond donors (Lipinski definition) is 0.